The number of hydrogen-bond donors (Lipinski definition) is 1. The summed E-state index contributed by atoms with van der Waals surface area (Å²) < 4.78 is 1.72. The lowest BCUT2D eigenvalue weighted by Gasteiger charge is -1.91. The fourth-order valence-corrected chi connectivity index (χ4v) is 1.28. The molecule has 1 amide bonds. The topological polar surface area (TPSA) is 73.8 Å². The monoisotopic (exact) mass is 176 g/mol. The molecular weight excluding hydrogens is 168 g/mol. The van der Waals surface area contributed by atoms with Crippen molar-refractivity contribution in [3.8, 4) is 0 Å². The van der Waals surface area contributed by atoms with Crippen molar-refractivity contribution in [3.63, 3.8) is 0 Å². The van der Waals surface area contributed by atoms with Gasteiger partial charge in [-0.15, -0.1) is 0 Å². The van der Waals surface area contributed by atoms with E-state index < -0.39 is 5.91 Å². The molecule has 2 heterocycles. The fraction of sp³-hybridized carbons (Fsp3) is 0.125. The maximum absolute atomic E-state index is 11.0. The predicted octanol–water partition coefficient (Wildman–Crippen LogP) is 0.0672. The molecule has 0 aliphatic heterocycles. The molecule has 5 nitrogen and oxygen atoms in total. The summed E-state index contributed by atoms with van der Waals surface area (Å²) in [7, 11) is 1.80. The highest BCUT2D eigenvalue weighted by atomic mass is 16.1. The standard InChI is InChI=1S/C8H8N4O/c1-12-4-5(7(9)13)6-8(12)11-3-2-10-6/h2-4H,1H3,(H2,9,13). The molecule has 2 aromatic heterocycles. The average Bonchev–Trinajstić information content (AvgIpc) is 2.45. The minimum atomic E-state index is -0.480. The summed E-state index contributed by atoms with van der Waals surface area (Å²) in [6.07, 6.45) is 4.74. The average molecular weight is 176 g/mol. The molecule has 0 aromatic carbocycles. The zero-order valence-electron chi connectivity index (χ0n) is 7.06. The first kappa shape index (κ1) is 7.72. The summed E-state index contributed by atoms with van der Waals surface area (Å²) in [6, 6.07) is 0. The molecule has 0 radical (unpaired) electrons. The van der Waals surface area contributed by atoms with E-state index >= 15 is 0 Å². The zero-order valence-corrected chi connectivity index (χ0v) is 7.06. The molecule has 0 saturated carbocycles. The van der Waals surface area contributed by atoms with Crippen molar-refractivity contribution in [2.45, 2.75) is 0 Å². The third-order valence-electron chi connectivity index (χ3n) is 1.86. The van der Waals surface area contributed by atoms with E-state index in [9.17, 15) is 4.79 Å². The van der Waals surface area contributed by atoms with Gasteiger partial charge in [0.25, 0.3) is 5.91 Å². The Hall–Kier alpha value is -1.91. The summed E-state index contributed by atoms with van der Waals surface area (Å²) in [5, 5.41) is 0. The van der Waals surface area contributed by atoms with Gasteiger partial charge in [0.05, 0.1) is 5.56 Å². The Bertz CT molecular complexity index is 474. The van der Waals surface area contributed by atoms with E-state index in [1.807, 2.05) is 0 Å². The van der Waals surface area contributed by atoms with Crippen LogP contribution in [0, 0.1) is 0 Å². The summed E-state index contributed by atoms with van der Waals surface area (Å²) in [5.41, 5.74) is 6.80. The molecule has 13 heavy (non-hydrogen) atoms. The normalized spacial score (nSPS) is 10.5. The van der Waals surface area contributed by atoms with Gasteiger partial charge in [0.15, 0.2) is 5.65 Å². The number of nitrogens with zero attached hydrogens (tertiary/aromatic N) is 3. The number of aromatic nitrogens is 3. The van der Waals surface area contributed by atoms with Gasteiger partial charge >= 0.3 is 0 Å². The molecule has 66 valence electrons. The van der Waals surface area contributed by atoms with Gasteiger partial charge in [0, 0.05) is 25.6 Å². The third-order valence-corrected chi connectivity index (χ3v) is 1.86. The molecule has 0 fully saturated rings. The van der Waals surface area contributed by atoms with Crippen LogP contribution in [0.3, 0.4) is 0 Å². The Morgan fingerprint density at radius 3 is 2.85 bits per heavy atom. The van der Waals surface area contributed by atoms with Gasteiger partial charge in [-0.2, -0.15) is 0 Å². The van der Waals surface area contributed by atoms with Gasteiger partial charge in [-0.25, -0.2) is 4.98 Å². The summed E-state index contributed by atoms with van der Waals surface area (Å²) in [6.45, 7) is 0. The highest BCUT2D eigenvalue weighted by Crippen LogP contribution is 2.14. The summed E-state index contributed by atoms with van der Waals surface area (Å²) in [4.78, 5) is 19.1. The van der Waals surface area contributed by atoms with E-state index in [-0.39, 0.29) is 0 Å². The molecule has 0 atom stereocenters. The number of carbonyl (C=O) groups excluding carboxylic acids is 1. The van der Waals surface area contributed by atoms with E-state index in [0.29, 0.717) is 16.7 Å². The molecule has 0 bridgehead atoms. The van der Waals surface area contributed by atoms with Gasteiger partial charge in [-0.1, -0.05) is 0 Å². The smallest absolute Gasteiger partial charge is 0.252 e. The van der Waals surface area contributed by atoms with E-state index in [1.165, 1.54) is 6.20 Å². The fourth-order valence-electron chi connectivity index (χ4n) is 1.28. The second-order valence-corrected chi connectivity index (χ2v) is 2.75. The first-order valence-corrected chi connectivity index (χ1v) is 3.76. The molecule has 0 spiro atoms. The van der Waals surface area contributed by atoms with Crippen molar-refractivity contribution >= 4 is 17.1 Å². The number of carbonyl (C=O) groups is 1. The Kier molecular flexibility index (Phi) is 1.51. The number of primary amides is 1. The van der Waals surface area contributed by atoms with Gasteiger partial charge in [-0.3, -0.25) is 9.78 Å². The number of aryl methyl sites for hydroxylation is 1. The van der Waals surface area contributed by atoms with Crippen LogP contribution in [0.1, 0.15) is 10.4 Å². The summed E-state index contributed by atoms with van der Waals surface area (Å²) >= 11 is 0. The number of amides is 1. The third kappa shape index (κ3) is 1.05. The lowest BCUT2D eigenvalue weighted by atomic mass is 10.3. The van der Waals surface area contributed by atoms with E-state index in [1.54, 1.807) is 24.0 Å². The largest absolute Gasteiger partial charge is 0.365 e. The molecular formula is C8H8N4O. The molecule has 2 aromatic rings. The van der Waals surface area contributed by atoms with Gasteiger partial charge < -0.3 is 10.3 Å². The maximum Gasteiger partial charge on any atom is 0.252 e. The molecule has 0 aliphatic carbocycles. The lowest BCUT2D eigenvalue weighted by molar-refractivity contribution is 0.100. The molecule has 0 saturated heterocycles. The Balaban J connectivity index is 2.85. The van der Waals surface area contributed by atoms with E-state index in [4.69, 9.17) is 5.73 Å². The second-order valence-electron chi connectivity index (χ2n) is 2.75. The molecule has 0 unspecified atom stereocenters. The lowest BCUT2D eigenvalue weighted by Crippen LogP contribution is -2.10. The van der Waals surface area contributed by atoms with Crippen LogP contribution in [0.2, 0.25) is 0 Å². The maximum atomic E-state index is 11.0. The quantitative estimate of drug-likeness (QED) is 0.668. The van der Waals surface area contributed by atoms with Crippen LogP contribution in [-0.2, 0) is 7.05 Å². The number of nitrogens with two attached hydrogens (primary N) is 1. The Labute approximate surface area is 74.2 Å². The van der Waals surface area contributed by atoms with Crippen LogP contribution < -0.4 is 5.73 Å². The van der Waals surface area contributed by atoms with Gasteiger partial charge in [0.1, 0.15) is 5.52 Å². The van der Waals surface area contributed by atoms with E-state index in [0.717, 1.165) is 0 Å². The molecule has 5 heteroatoms. The highest BCUT2D eigenvalue weighted by Gasteiger charge is 2.11. The number of fused-ring (bicyclic) bond motifs is 1. The van der Waals surface area contributed by atoms with Crippen molar-refractivity contribution < 1.29 is 4.79 Å². The zero-order chi connectivity index (χ0) is 9.42. The van der Waals surface area contributed by atoms with Crippen LogP contribution in [0.4, 0.5) is 0 Å². The van der Waals surface area contributed by atoms with Crippen molar-refractivity contribution in [2.24, 2.45) is 12.8 Å². The Morgan fingerprint density at radius 2 is 2.15 bits per heavy atom. The van der Waals surface area contributed by atoms with Crippen molar-refractivity contribution in [1.82, 2.24) is 14.5 Å². The van der Waals surface area contributed by atoms with Crippen molar-refractivity contribution in [2.75, 3.05) is 0 Å². The van der Waals surface area contributed by atoms with Crippen LogP contribution >= 0.6 is 0 Å². The van der Waals surface area contributed by atoms with Gasteiger partial charge in [-0.05, 0) is 0 Å². The first-order valence-electron chi connectivity index (χ1n) is 3.76. The summed E-state index contributed by atoms with van der Waals surface area (Å²) in [5.74, 6) is -0.480. The van der Waals surface area contributed by atoms with Crippen LogP contribution in [0.5, 0.6) is 0 Å². The Morgan fingerprint density at radius 1 is 1.46 bits per heavy atom. The number of rotatable bonds is 1. The molecule has 2 N–H and O–H groups in total. The first-order chi connectivity index (χ1) is 6.20. The molecule has 0 aliphatic rings. The van der Waals surface area contributed by atoms with Crippen LogP contribution in [0.15, 0.2) is 18.6 Å². The second kappa shape index (κ2) is 2.55. The minimum Gasteiger partial charge on any atom is -0.365 e. The van der Waals surface area contributed by atoms with Crippen molar-refractivity contribution in [1.29, 1.82) is 0 Å². The molecule has 2 rings (SSSR count). The minimum absolute atomic E-state index is 0.408. The number of hydrogen-bond acceptors (Lipinski definition) is 3. The predicted molar refractivity (Wildman–Crippen MR) is 47.0 cm³/mol. The van der Waals surface area contributed by atoms with Crippen LogP contribution in [0.25, 0.3) is 11.2 Å². The van der Waals surface area contributed by atoms with E-state index in [2.05, 4.69) is 9.97 Å². The van der Waals surface area contributed by atoms with Gasteiger partial charge in [0.2, 0.25) is 0 Å². The highest BCUT2D eigenvalue weighted by molar-refractivity contribution is 6.03. The van der Waals surface area contributed by atoms with Crippen LogP contribution in [-0.4, -0.2) is 20.4 Å². The van der Waals surface area contributed by atoms with Crippen molar-refractivity contribution in [3.05, 3.63) is 24.2 Å². The SMILES string of the molecule is Cn1cc(C(N)=O)c2nccnc21.